The van der Waals surface area contributed by atoms with E-state index in [1.165, 1.54) is 6.07 Å². The third kappa shape index (κ3) is 4.37. The van der Waals surface area contributed by atoms with E-state index in [2.05, 4.69) is 20.5 Å². The molecule has 1 heterocycles. The van der Waals surface area contributed by atoms with Gasteiger partial charge in [-0.05, 0) is 36.8 Å². The third-order valence-electron chi connectivity index (χ3n) is 3.38. The Morgan fingerprint density at radius 3 is 2.88 bits per heavy atom. The molecule has 2 aromatic carbocycles. The SMILES string of the molecule is Cc1ccc(NC(=O)CSc2n[nH]c(-c3ccccc3F)n2)cc1Cl. The summed E-state index contributed by atoms with van der Waals surface area (Å²) in [6.45, 7) is 1.89. The van der Waals surface area contributed by atoms with Gasteiger partial charge in [0.05, 0.1) is 11.3 Å². The molecule has 0 saturated heterocycles. The van der Waals surface area contributed by atoms with Crippen molar-refractivity contribution in [1.82, 2.24) is 15.2 Å². The summed E-state index contributed by atoms with van der Waals surface area (Å²) in [6.07, 6.45) is 0. The van der Waals surface area contributed by atoms with Crippen molar-refractivity contribution in [3.8, 4) is 11.4 Å². The Hall–Kier alpha value is -2.38. The summed E-state index contributed by atoms with van der Waals surface area (Å²) in [5.74, 6) is -0.141. The summed E-state index contributed by atoms with van der Waals surface area (Å²) >= 11 is 7.19. The van der Waals surface area contributed by atoms with E-state index >= 15 is 0 Å². The average Bonchev–Trinajstić information content (AvgIpc) is 3.05. The zero-order valence-corrected chi connectivity index (χ0v) is 14.8. The number of aromatic amines is 1. The summed E-state index contributed by atoms with van der Waals surface area (Å²) in [4.78, 5) is 16.2. The molecule has 128 valence electrons. The van der Waals surface area contributed by atoms with Crippen LogP contribution in [0.3, 0.4) is 0 Å². The van der Waals surface area contributed by atoms with E-state index in [0.29, 0.717) is 27.3 Å². The lowest BCUT2D eigenvalue weighted by molar-refractivity contribution is -0.113. The van der Waals surface area contributed by atoms with Crippen LogP contribution in [0, 0.1) is 12.7 Å². The molecule has 0 atom stereocenters. The molecular formula is C17H14ClFN4OS. The number of nitrogens with zero attached hydrogens (tertiary/aromatic N) is 2. The molecule has 0 spiro atoms. The number of benzene rings is 2. The largest absolute Gasteiger partial charge is 0.325 e. The highest BCUT2D eigenvalue weighted by Crippen LogP contribution is 2.23. The molecule has 0 radical (unpaired) electrons. The van der Waals surface area contributed by atoms with Crippen molar-refractivity contribution in [1.29, 1.82) is 0 Å². The van der Waals surface area contributed by atoms with Crippen molar-refractivity contribution in [2.24, 2.45) is 0 Å². The average molecular weight is 377 g/mol. The number of carbonyl (C=O) groups is 1. The van der Waals surface area contributed by atoms with E-state index in [-0.39, 0.29) is 17.5 Å². The van der Waals surface area contributed by atoms with Gasteiger partial charge in [0.15, 0.2) is 5.82 Å². The predicted molar refractivity (Wildman–Crippen MR) is 97.3 cm³/mol. The van der Waals surface area contributed by atoms with E-state index in [0.717, 1.165) is 17.3 Å². The van der Waals surface area contributed by atoms with Gasteiger partial charge in [-0.3, -0.25) is 9.89 Å². The summed E-state index contributed by atoms with van der Waals surface area (Å²) in [5, 5.41) is 10.4. The maximum Gasteiger partial charge on any atom is 0.234 e. The van der Waals surface area contributed by atoms with Crippen molar-refractivity contribution in [3.63, 3.8) is 0 Å². The molecule has 0 unspecified atom stereocenters. The Bertz CT molecular complexity index is 915. The van der Waals surface area contributed by atoms with Crippen LogP contribution >= 0.6 is 23.4 Å². The van der Waals surface area contributed by atoms with Crippen LogP contribution in [0.15, 0.2) is 47.6 Å². The highest BCUT2D eigenvalue weighted by atomic mass is 35.5. The second-order valence-electron chi connectivity index (χ2n) is 5.25. The fourth-order valence-corrected chi connectivity index (χ4v) is 2.86. The molecule has 0 saturated carbocycles. The first-order valence-electron chi connectivity index (χ1n) is 7.39. The van der Waals surface area contributed by atoms with Crippen LogP contribution in [-0.4, -0.2) is 26.8 Å². The van der Waals surface area contributed by atoms with Gasteiger partial charge in [0, 0.05) is 10.7 Å². The van der Waals surface area contributed by atoms with Crippen LogP contribution < -0.4 is 5.32 Å². The van der Waals surface area contributed by atoms with Gasteiger partial charge < -0.3 is 5.32 Å². The molecule has 0 aliphatic carbocycles. The van der Waals surface area contributed by atoms with Crippen LogP contribution in [0.25, 0.3) is 11.4 Å². The number of carbonyl (C=O) groups excluding carboxylic acids is 1. The number of aromatic nitrogens is 3. The van der Waals surface area contributed by atoms with Gasteiger partial charge in [-0.1, -0.05) is 41.6 Å². The van der Waals surface area contributed by atoms with E-state index in [4.69, 9.17) is 11.6 Å². The number of rotatable bonds is 5. The second kappa shape index (κ2) is 7.67. The van der Waals surface area contributed by atoms with Crippen molar-refractivity contribution in [3.05, 3.63) is 58.9 Å². The van der Waals surface area contributed by atoms with Gasteiger partial charge >= 0.3 is 0 Å². The summed E-state index contributed by atoms with van der Waals surface area (Å²) in [5.41, 5.74) is 1.90. The van der Waals surface area contributed by atoms with E-state index in [1.54, 1.807) is 30.3 Å². The lowest BCUT2D eigenvalue weighted by atomic mass is 10.2. The van der Waals surface area contributed by atoms with Crippen LogP contribution in [0.1, 0.15) is 5.56 Å². The Balaban J connectivity index is 1.59. The molecule has 0 bridgehead atoms. The smallest absolute Gasteiger partial charge is 0.234 e. The standard InChI is InChI=1S/C17H14ClFN4OS/c1-10-6-7-11(8-13(10)18)20-15(24)9-25-17-21-16(22-23-17)12-4-2-3-5-14(12)19/h2-8H,9H2,1H3,(H,20,24)(H,21,22,23). The molecule has 2 N–H and O–H groups in total. The van der Waals surface area contributed by atoms with Gasteiger partial charge in [0.25, 0.3) is 0 Å². The normalized spacial score (nSPS) is 10.7. The molecule has 3 rings (SSSR count). The van der Waals surface area contributed by atoms with E-state index in [1.807, 2.05) is 13.0 Å². The zero-order chi connectivity index (χ0) is 17.8. The molecule has 25 heavy (non-hydrogen) atoms. The van der Waals surface area contributed by atoms with Gasteiger partial charge in [-0.25, -0.2) is 9.37 Å². The number of nitrogens with one attached hydrogen (secondary N) is 2. The molecule has 0 aliphatic rings. The molecule has 5 nitrogen and oxygen atoms in total. The lowest BCUT2D eigenvalue weighted by Crippen LogP contribution is -2.14. The molecule has 0 fully saturated rings. The van der Waals surface area contributed by atoms with Gasteiger partial charge in [-0.2, -0.15) is 0 Å². The number of hydrogen-bond donors (Lipinski definition) is 2. The fraction of sp³-hybridized carbons (Fsp3) is 0.118. The van der Waals surface area contributed by atoms with Gasteiger partial charge in [0.2, 0.25) is 11.1 Å². The molecule has 3 aromatic rings. The minimum absolute atomic E-state index is 0.125. The summed E-state index contributed by atoms with van der Waals surface area (Å²) in [7, 11) is 0. The maximum absolute atomic E-state index is 13.7. The van der Waals surface area contributed by atoms with Crippen molar-refractivity contribution in [2.45, 2.75) is 12.1 Å². The fourth-order valence-electron chi connectivity index (χ4n) is 2.08. The van der Waals surface area contributed by atoms with E-state index in [9.17, 15) is 9.18 Å². The predicted octanol–water partition coefficient (Wildman–Crippen LogP) is 4.30. The maximum atomic E-state index is 13.7. The molecule has 0 aliphatic heterocycles. The summed E-state index contributed by atoms with van der Waals surface area (Å²) in [6, 6.07) is 11.6. The van der Waals surface area contributed by atoms with Gasteiger partial charge in [0.1, 0.15) is 5.82 Å². The molecule has 1 amide bonds. The van der Waals surface area contributed by atoms with Crippen LogP contribution in [-0.2, 0) is 4.79 Å². The topological polar surface area (TPSA) is 70.7 Å². The highest BCUT2D eigenvalue weighted by molar-refractivity contribution is 7.99. The third-order valence-corrected chi connectivity index (χ3v) is 4.64. The van der Waals surface area contributed by atoms with Gasteiger partial charge in [-0.15, -0.1) is 5.10 Å². The Labute approximate surface area is 153 Å². The zero-order valence-electron chi connectivity index (χ0n) is 13.2. The number of aryl methyl sites for hydroxylation is 1. The summed E-state index contributed by atoms with van der Waals surface area (Å²) < 4.78 is 13.7. The van der Waals surface area contributed by atoms with Crippen molar-refractivity contribution in [2.75, 3.05) is 11.1 Å². The first-order valence-corrected chi connectivity index (χ1v) is 8.75. The molecular weight excluding hydrogens is 363 g/mol. The first-order chi connectivity index (χ1) is 12.0. The van der Waals surface area contributed by atoms with Crippen LogP contribution in [0.4, 0.5) is 10.1 Å². The Morgan fingerprint density at radius 1 is 1.32 bits per heavy atom. The lowest BCUT2D eigenvalue weighted by Gasteiger charge is -2.05. The Kier molecular flexibility index (Phi) is 5.35. The number of anilines is 1. The van der Waals surface area contributed by atoms with Crippen molar-refractivity contribution < 1.29 is 9.18 Å². The number of H-pyrrole nitrogens is 1. The molecule has 1 aromatic heterocycles. The van der Waals surface area contributed by atoms with Crippen LogP contribution in [0.2, 0.25) is 5.02 Å². The number of thioether (sulfide) groups is 1. The monoisotopic (exact) mass is 376 g/mol. The Morgan fingerprint density at radius 2 is 2.12 bits per heavy atom. The number of amides is 1. The minimum Gasteiger partial charge on any atom is -0.325 e. The first kappa shape index (κ1) is 17.4. The van der Waals surface area contributed by atoms with Crippen molar-refractivity contribution >= 4 is 35.0 Å². The quantitative estimate of drug-likeness (QED) is 0.651. The number of hydrogen-bond acceptors (Lipinski definition) is 4. The van der Waals surface area contributed by atoms with E-state index < -0.39 is 0 Å². The molecule has 8 heteroatoms. The second-order valence-corrected chi connectivity index (χ2v) is 6.60. The minimum atomic E-state index is -0.385. The highest BCUT2D eigenvalue weighted by Gasteiger charge is 2.12. The number of halogens is 2. The van der Waals surface area contributed by atoms with Crippen LogP contribution in [0.5, 0.6) is 0 Å².